The zero-order chi connectivity index (χ0) is 12.0. The molecule has 0 radical (unpaired) electrons. The molecule has 0 aromatic carbocycles. The summed E-state index contributed by atoms with van der Waals surface area (Å²) < 4.78 is 0. The average Bonchev–Trinajstić information content (AvgIpc) is 2.36. The molecule has 7 atom stereocenters. The number of hydrogen-bond acceptors (Lipinski definition) is 3. The molecule has 0 amide bonds. The van der Waals surface area contributed by atoms with Crippen LogP contribution < -0.4 is 5.73 Å². The van der Waals surface area contributed by atoms with Gasteiger partial charge in [0, 0.05) is 12.0 Å². The molecule has 0 aliphatic heterocycles. The maximum atomic E-state index is 10.6. The minimum Gasteiger partial charge on any atom is -0.393 e. The Morgan fingerprint density at radius 1 is 0.706 bits per heavy atom. The highest BCUT2D eigenvalue weighted by atomic mass is 16.3. The maximum absolute atomic E-state index is 10.6. The summed E-state index contributed by atoms with van der Waals surface area (Å²) in [5.74, 6) is 1.06. The van der Waals surface area contributed by atoms with Gasteiger partial charge in [-0.05, 0) is 43.4 Å². The Bertz CT molecular complexity index is 283. The molecule has 3 saturated carbocycles. The predicted molar refractivity (Wildman–Crippen MR) is 66.3 cm³/mol. The van der Waals surface area contributed by atoms with E-state index in [2.05, 4.69) is 0 Å². The van der Waals surface area contributed by atoms with Crippen molar-refractivity contribution in [1.29, 1.82) is 0 Å². The van der Waals surface area contributed by atoms with E-state index in [1.54, 1.807) is 0 Å². The summed E-state index contributed by atoms with van der Waals surface area (Å²) in [6.45, 7) is 0. The molecule has 3 fully saturated rings. The quantitative estimate of drug-likeness (QED) is 0.596. The van der Waals surface area contributed by atoms with E-state index in [4.69, 9.17) is 5.73 Å². The van der Waals surface area contributed by atoms with E-state index in [0.717, 1.165) is 32.1 Å². The molecule has 17 heavy (non-hydrogen) atoms. The zero-order valence-electron chi connectivity index (χ0n) is 10.5. The van der Waals surface area contributed by atoms with Crippen LogP contribution in [0.2, 0.25) is 0 Å². The number of fused-ring (bicyclic) bond motifs is 2. The number of nitrogens with two attached hydrogens (primary N) is 1. The van der Waals surface area contributed by atoms with E-state index in [1.807, 2.05) is 0 Å². The summed E-state index contributed by atoms with van der Waals surface area (Å²) in [4.78, 5) is 0. The highest BCUT2D eigenvalue weighted by molar-refractivity contribution is 5.03. The summed E-state index contributed by atoms with van der Waals surface area (Å²) in [5.41, 5.74) is 6.19. The number of hydrogen-bond donors (Lipinski definition) is 3. The fourth-order valence-corrected chi connectivity index (χ4v) is 4.84. The van der Waals surface area contributed by atoms with Crippen molar-refractivity contribution in [2.24, 2.45) is 29.4 Å². The second-order valence-electron chi connectivity index (χ2n) is 6.43. The van der Waals surface area contributed by atoms with E-state index < -0.39 is 0 Å². The monoisotopic (exact) mass is 239 g/mol. The van der Waals surface area contributed by atoms with Crippen molar-refractivity contribution >= 4 is 0 Å². The van der Waals surface area contributed by atoms with E-state index >= 15 is 0 Å². The van der Waals surface area contributed by atoms with Gasteiger partial charge in [0.2, 0.25) is 0 Å². The predicted octanol–water partition coefficient (Wildman–Crippen LogP) is 1.27. The van der Waals surface area contributed by atoms with Gasteiger partial charge in [-0.25, -0.2) is 0 Å². The van der Waals surface area contributed by atoms with Gasteiger partial charge in [-0.15, -0.1) is 0 Å². The van der Waals surface area contributed by atoms with Crippen molar-refractivity contribution in [2.45, 2.75) is 63.2 Å². The van der Waals surface area contributed by atoms with Crippen molar-refractivity contribution in [3.8, 4) is 0 Å². The fraction of sp³-hybridized carbons (Fsp3) is 1.00. The molecule has 0 heterocycles. The highest BCUT2D eigenvalue weighted by Gasteiger charge is 2.52. The first kappa shape index (κ1) is 11.9. The van der Waals surface area contributed by atoms with Crippen LogP contribution in [0.4, 0.5) is 0 Å². The molecular weight excluding hydrogens is 214 g/mol. The summed E-state index contributed by atoms with van der Waals surface area (Å²) in [5, 5.41) is 21.2. The van der Waals surface area contributed by atoms with Crippen molar-refractivity contribution < 1.29 is 10.2 Å². The second kappa shape index (κ2) is 4.52. The molecule has 0 saturated heterocycles. The van der Waals surface area contributed by atoms with Crippen LogP contribution in [-0.4, -0.2) is 28.5 Å². The summed E-state index contributed by atoms with van der Waals surface area (Å²) in [6, 6.07) is 0.0984. The van der Waals surface area contributed by atoms with Gasteiger partial charge in [-0.1, -0.05) is 19.3 Å². The average molecular weight is 239 g/mol. The van der Waals surface area contributed by atoms with Crippen LogP contribution in [0.3, 0.4) is 0 Å². The Hall–Kier alpha value is -0.120. The minimum atomic E-state index is -0.260. The number of aliphatic hydroxyl groups is 2. The first-order valence-corrected chi connectivity index (χ1v) is 7.32. The van der Waals surface area contributed by atoms with Gasteiger partial charge >= 0.3 is 0 Å². The van der Waals surface area contributed by atoms with Crippen LogP contribution in [0, 0.1) is 23.7 Å². The molecule has 0 aromatic rings. The van der Waals surface area contributed by atoms with Gasteiger partial charge in [-0.2, -0.15) is 0 Å². The van der Waals surface area contributed by atoms with Crippen LogP contribution >= 0.6 is 0 Å². The molecule has 3 aliphatic rings. The molecule has 7 unspecified atom stereocenters. The van der Waals surface area contributed by atoms with Crippen LogP contribution in [0.25, 0.3) is 0 Å². The van der Waals surface area contributed by atoms with E-state index in [9.17, 15) is 10.2 Å². The molecule has 3 aliphatic carbocycles. The van der Waals surface area contributed by atoms with E-state index in [1.165, 1.54) is 12.8 Å². The number of aliphatic hydroxyl groups excluding tert-OH is 2. The lowest BCUT2D eigenvalue weighted by molar-refractivity contribution is -0.147. The van der Waals surface area contributed by atoms with Gasteiger partial charge in [-0.3, -0.25) is 0 Å². The maximum Gasteiger partial charge on any atom is 0.0618 e. The summed E-state index contributed by atoms with van der Waals surface area (Å²) >= 11 is 0. The van der Waals surface area contributed by atoms with Crippen LogP contribution in [0.15, 0.2) is 0 Å². The van der Waals surface area contributed by atoms with Crippen molar-refractivity contribution in [2.75, 3.05) is 0 Å². The van der Waals surface area contributed by atoms with Crippen molar-refractivity contribution in [1.82, 2.24) is 0 Å². The first-order valence-electron chi connectivity index (χ1n) is 7.32. The second-order valence-corrected chi connectivity index (χ2v) is 6.43. The Morgan fingerprint density at radius 3 is 2.00 bits per heavy atom. The first-order chi connectivity index (χ1) is 8.20. The van der Waals surface area contributed by atoms with E-state index in [-0.39, 0.29) is 30.1 Å². The largest absolute Gasteiger partial charge is 0.393 e. The zero-order valence-corrected chi connectivity index (χ0v) is 10.5. The lowest BCUT2D eigenvalue weighted by atomic mass is 9.56. The lowest BCUT2D eigenvalue weighted by Crippen LogP contribution is -2.59. The molecule has 3 heteroatoms. The molecule has 4 N–H and O–H groups in total. The van der Waals surface area contributed by atoms with Gasteiger partial charge in [0.15, 0.2) is 0 Å². The van der Waals surface area contributed by atoms with Crippen LogP contribution in [0.1, 0.15) is 44.9 Å². The van der Waals surface area contributed by atoms with Crippen LogP contribution in [0.5, 0.6) is 0 Å². The summed E-state index contributed by atoms with van der Waals surface area (Å²) in [7, 11) is 0. The van der Waals surface area contributed by atoms with Gasteiger partial charge in [0.25, 0.3) is 0 Å². The molecule has 0 aromatic heterocycles. The van der Waals surface area contributed by atoms with Crippen molar-refractivity contribution in [3.05, 3.63) is 0 Å². The Morgan fingerprint density at radius 2 is 1.29 bits per heavy atom. The smallest absolute Gasteiger partial charge is 0.0618 e. The van der Waals surface area contributed by atoms with Crippen molar-refractivity contribution in [3.63, 3.8) is 0 Å². The standard InChI is InChI=1S/C14H25NO2/c15-11-7-3-6-10-12(11)14(17)9-5-2-1-4-8(9)13(10)16/h8-14,16-17H,1-7,15H2. The van der Waals surface area contributed by atoms with E-state index in [0.29, 0.717) is 11.8 Å². The van der Waals surface area contributed by atoms with Crippen LogP contribution in [-0.2, 0) is 0 Å². The van der Waals surface area contributed by atoms with Gasteiger partial charge in [0.1, 0.15) is 0 Å². The molecule has 98 valence electrons. The molecule has 3 nitrogen and oxygen atoms in total. The van der Waals surface area contributed by atoms with Gasteiger partial charge in [0.05, 0.1) is 12.2 Å². The summed E-state index contributed by atoms with van der Waals surface area (Å²) in [6.07, 6.45) is 7.32. The highest BCUT2D eigenvalue weighted by Crippen LogP contribution is 2.49. The number of rotatable bonds is 0. The molecular formula is C14H25NO2. The Balaban J connectivity index is 1.86. The Kier molecular flexibility index (Phi) is 3.18. The normalized spacial score (nSPS) is 54.9. The lowest BCUT2D eigenvalue weighted by Gasteiger charge is -2.53. The third kappa shape index (κ3) is 1.83. The van der Waals surface area contributed by atoms with Gasteiger partial charge < -0.3 is 15.9 Å². The third-order valence-electron chi connectivity index (χ3n) is 5.65. The molecule has 3 rings (SSSR count). The molecule has 0 bridgehead atoms. The molecule has 0 spiro atoms. The minimum absolute atomic E-state index is 0.0984. The Labute approximate surface area is 103 Å². The SMILES string of the molecule is NC1CCCC2C(O)C3CCCCC3C(O)C12. The topological polar surface area (TPSA) is 66.5 Å². The fourth-order valence-electron chi connectivity index (χ4n) is 4.84. The third-order valence-corrected chi connectivity index (χ3v) is 5.65.